The summed E-state index contributed by atoms with van der Waals surface area (Å²) in [5.41, 5.74) is 2.03. The smallest absolute Gasteiger partial charge is 0.335 e. The lowest BCUT2D eigenvalue weighted by molar-refractivity contribution is -0.133. The number of carbonyl (C=O) groups is 1. The molecule has 0 radical (unpaired) electrons. The Bertz CT molecular complexity index is 395. The zero-order valence-electron chi connectivity index (χ0n) is 9.53. The lowest BCUT2D eigenvalue weighted by Crippen LogP contribution is -2.06. The maximum Gasteiger partial charge on any atom is 0.335 e. The second-order valence-corrected chi connectivity index (χ2v) is 3.38. The van der Waals surface area contributed by atoms with E-state index >= 15 is 0 Å². The predicted molar refractivity (Wildman–Crippen MR) is 65.6 cm³/mol. The van der Waals surface area contributed by atoms with Crippen molar-refractivity contribution in [2.24, 2.45) is 0 Å². The van der Waals surface area contributed by atoms with Gasteiger partial charge >= 0.3 is 5.97 Å². The van der Waals surface area contributed by atoms with Crippen molar-refractivity contribution in [1.29, 1.82) is 0 Å². The zero-order chi connectivity index (χ0) is 12.0. The van der Waals surface area contributed by atoms with Crippen LogP contribution in [0, 0.1) is 0 Å². The molecule has 0 spiro atoms. The van der Waals surface area contributed by atoms with Gasteiger partial charge in [0.2, 0.25) is 0 Å². The van der Waals surface area contributed by atoms with Crippen molar-refractivity contribution < 1.29 is 9.53 Å². The van der Waals surface area contributed by atoms with Gasteiger partial charge in [-0.15, -0.1) is 0 Å². The van der Waals surface area contributed by atoms with Gasteiger partial charge in [-0.1, -0.05) is 31.4 Å². The van der Waals surface area contributed by atoms with Crippen LogP contribution >= 0.6 is 0 Å². The molecule has 0 bridgehead atoms. The third-order valence-electron chi connectivity index (χ3n) is 2.30. The molecule has 1 rings (SSSR count). The van der Waals surface area contributed by atoms with E-state index in [2.05, 4.69) is 13.2 Å². The summed E-state index contributed by atoms with van der Waals surface area (Å²) in [7, 11) is 0. The first-order valence-corrected chi connectivity index (χ1v) is 5.26. The number of allylic oxidation sites excluding steroid dienone is 5. The minimum Gasteiger partial charge on any atom is -0.423 e. The molecule has 16 heavy (non-hydrogen) atoms. The maximum atomic E-state index is 11.2. The maximum absolute atomic E-state index is 11.2. The molecule has 0 heterocycles. The van der Waals surface area contributed by atoms with Crippen LogP contribution in [0.1, 0.15) is 19.8 Å². The fraction of sp³-hybridized carbons (Fsp3) is 0.214. The molecular formula is C14H16O2. The van der Waals surface area contributed by atoms with Crippen LogP contribution in [0.3, 0.4) is 0 Å². The van der Waals surface area contributed by atoms with Gasteiger partial charge in [0, 0.05) is 11.6 Å². The second kappa shape index (κ2) is 5.91. The molecule has 0 saturated carbocycles. The van der Waals surface area contributed by atoms with Crippen LogP contribution < -0.4 is 0 Å². The highest BCUT2D eigenvalue weighted by Crippen LogP contribution is 2.27. The summed E-state index contributed by atoms with van der Waals surface area (Å²) in [6.07, 6.45) is 10.6. The normalized spacial score (nSPS) is 15.9. The number of carbonyl (C=O) groups excluding carboxylic acids is 1. The van der Waals surface area contributed by atoms with Crippen molar-refractivity contribution in [3.8, 4) is 0 Å². The summed E-state index contributed by atoms with van der Waals surface area (Å²) in [4.78, 5) is 11.2. The molecule has 1 aliphatic carbocycles. The molecule has 2 heteroatoms. The highest BCUT2D eigenvalue weighted by Gasteiger charge is 2.14. The van der Waals surface area contributed by atoms with Crippen LogP contribution in [0.5, 0.6) is 0 Å². The Morgan fingerprint density at radius 1 is 1.50 bits per heavy atom. The molecule has 1 aliphatic rings. The van der Waals surface area contributed by atoms with Gasteiger partial charge in [-0.2, -0.15) is 0 Å². The minimum atomic E-state index is -0.438. The fourth-order valence-electron chi connectivity index (χ4n) is 1.61. The van der Waals surface area contributed by atoms with E-state index in [1.807, 2.05) is 25.2 Å². The topological polar surface area (TPSA) is 26.3 Å². The Kier molecular flexibility index (Phi) is 4.52. The van der Waals surface area contributed by atoms with Gasteiger partial charge in [-0.25, -0.2) is 4.79 Å². The van der Waals surface area contributed by atoms with E-state index in [-0.39, 0.29) is 0 Å². The van der Waals surface area contributed by atoms with Crippen LogP contribution in [0.25, 0.3) is 0 Å². The molecule has 84 valence electrons. The van der Waals surface area contributed by atoms with Gasteiger partial charge in [0.25, 0.3) is 0 Å². The summed E-state index contributed by atoms with van der Waals surface area (Å²) in [6, 6.07) is 0. The predicted octanol–water partition coefficient (Wildman–Crippen LogP) is 3.45. The van der Waals surface area contributed by atoms with Crippen molar-refractivity contribution in [3.63, 3.8) is 0 Å². The van der Waals surface area contributed by atoms with E-state index in [0.717, 1.165) is 30.1 Å². The van der Waals surface area contributed by atoms with E-state index in [1.165, 1.54) is 0 Å². The third kappa shape index (κ3) is 2.83. The third-order valence-corrected chi connectivity index (χ3v) is 2.30. The summed E-state index contributed by atoms with van der Waals surface area (Å²) >= 11 is 0. The van der Waals surface area contributed by atoms with Crippen molar-refractivity contribution >= 4 is 5.97 Å². The number of hydrogen-bond donors (Lipinski definition) is 0. The van der Waals surface area contributed by atoms with Crippen LogP contribution in [-0.4, -0.2) is 5.97 Å². The molecule has 0 unspecified atom stereocenters. The standard InChI is InChI=1S/C14H16O2/c1-4-8-11-9-7-10-13(12(11)5-2)16-14(15)6-3/h4-6,8,10H,2-3,7,9H2,1H3/b8-4-. The molecule has 0 fully saturated rings. The summed E-state index contributed by atoms with van der Waals surface area (Å²) in [5, 5.41) is 0. The van der Waals surface area contributed by atoms with Crippen LogP contribution in [0.2, 0.25) is 0 Å². The highest BCUT2D eigenvalue weighted by atomic mass is 16.5. The SMILES string of the molecule is C=CC(=O)OC1=CCCC(/C=C\C)=C1C=C. The molecule has 0 atom stereocenters. The van der Waals surface area contributed by atoms with Crippen molar-refractivity contribution in [3.05, 3.63) is 60.4 Å². The molecule has 0 amide bonds. The average Bonchev–Trinajstić information content (AvgIpc) is 2.29. The van der Waals surface area contributed by atoms with Gasteiger partial charge in [0.05, 0.1) is 0 Å². The van der Waals surface area contributed by atoms with Crippen molar-refractivity contribution in [2.45, 2.75) is 19.8 Å². The number of esters is 1. The van der Waals surface area contributed by atoms with E-state index in [4.69, 9.17) is 4.74 Å². The molecule has 2 nitrogen and oxygen atoms in total. The lowest BCUT2D eigenvalue weighted by atomic mass is 9.95. The second-order valence-electron chi connectivity index (χ2n) is 3.38. The molecule has 0 saturated heterocycles. The number of rotatable bonds is 4. The summed E-state index contributed by atoms with van der Waals surface area (Å²) in [6.45, 7) is 9.08. The number of ether oxygens (including phenoxy) is 1. The highest BCUT2D eigenvalue weighted by molar-refractivity contribution is 5.82. The Balaban J connectivity index is 3.00. The van der Waals surface area contributed by atoms with E-state index in [9.17, 15) is 4.79 Å². The lowest BCUT2D eigenvalue weighted by Gasteiger charge is -2.16. The monoisotopic (exact) mass is 216 g/mol. The van der Waals surface area contributed by atoms with Crippen LogP contribution in [0.15, 0.2) is 60.4 Å². The van der Waals surface area contributed by atoms with E-state index in [1.54, 1.807) is 6.08 Å². The molecule has 0 aromatic rings. The van der Waals surface area contributed by atoms with Gasteiger partial charge in [0.15, 0.2) is 0 Å². The van der Waals surface area contributed by atoms with E-state index < -0.39 is 5.97 Å². The fourth-order valence-corrected chi connectivity index (χ4v) is 1.61. The molecule has 0 aromatic heterocycles. The van der Waals surface area contributed by atoms with Crippen LogP contribution in [0.4, 0.5) is 0 Å². The average molecular weight is 216 g/mol. The first kappa shape index (κ1) is 12.2. The Labute approximate surface area is 96.3 Å². The summed E-state index contributed by atoms with van der Waals surface area (Å²) < 4.78 is 5.16. The zero-order valence-corrected chi connectivity index (χ0v) is 9.53. The van der Waals surface area contributed by atoms with Crippen LogP contribution in [-0.2, 0) is 9.53 Å². The quantitative estimate of drug-likeness (QED) is 0.531. The Hall–Kier alpha value is -1.83. The Morgan fingerprint density at radius 2 is 2.25 bits per heavy atom. The Morgan fingerprint density at radius 3 is 2.81 bits per heavy atom. The first-order chi connectivity index (χ1) is 7.72. The van der Waals surface area contributed by atoms with E-state index in [0.29, 0.717) is 5.76 Å². The largest absolute Gasteiger partial charge is 0.423 e. The molecule has 0 aromatic carbocycles. The molecular weight excluding hydrogens is 200 g/mol. The molecule has 0 aliphatic heterocycles. The van der Waals surface area contributed by atoms with Crippen molar-refractivity contribution in [2.75, 3.05) is 0 Å². The van der Waals surface area contributed by atoms with Gasteiger partial charge < -0.3 is 4.74 Å². The number of hydrogen-bond acceptors (Lipinski definition) is 2. The van der Waals surface area contributed by atoms with Gasteiger partial charge in [0.1, 0.15) is 5.76 Å². The van der Waals surface area contributed by atoms with Gasteiger partial charge in [-0.3, -0.25) is 0 Å². The van der Waals surface area contributed by atoms with Gasteiger partial charge in [-0.05, 0) is 31.4 Å². The minimum absolute atomic E-state index is 0.438. The summed E-state index contributed by atoms with van der Waals surface area (Å²) in [5.74, 6) is 0.145. The first-order valence-electron chi connectivity index (χ1n) is 5.26. The molecule has 0 N–H and O–H groups in total. The van der Waals surface area contributed by atoms with Crippen molar-refractivity contribution in [1.82, 2.24) is 0 Å².